The van der Waals surface area contributed by atoms with Crippen molar-refractivity contribution in [3.8, 4) is 11.5 Å². The van der Waals surface area contributed by atoms with E-state index in [2.05, 4.69) is 15.6 Å². The number of rotatable bonds is 7. The van der Waals surface area contributed by atoms with Crippen molar-refractivity contribution >= 4 is 17.3 Å². The zero-order valence-corrected chi connectivity index (χ0v) is 13.9. The number of carbonyl (C=O) groups is 1. The van der Waals surface area contributed by atoms with Gasteiger partial charge in [-0.1, -0.05) is 0 Å². The maximum atomic E-state index is 11.8. The summed E-state index contributed by atoms with van der Waals surface area (Å²) in [7, 11) is 1.45. The van der Waals surface area contributed by atoms with Crippen LogP contribution in [0.2, 0.25) is 0 Å². The quantitative estimate of drug-likeness (QED) is 0.464. The molecule has 0 fully saturated rings. The number of hydrazone groups is 1. The Bertz CT molecular complexity index is 810. The number of ether oxygens (including phenoxy) is 2. The minimum Gasteiger partial charge on any atom is -0.497 e. The molecule has 2 aromatic rings. The Labute approximate surface area is 143 Å². The average molecular weight is 347 g/mol. The molecule has 1 amide bonds. The van der Waals surface area contributed by atoms with Gasteiger partial charge >= 0.3 is 5.69 Å². The van der Waals surface area contributed by atoms with Gasteiger partial charge in [-0.05, 0) is 26.0 Å². The van der Waals surface area contributed by atoms with Crippen molar-refractivity contribution in [1.29, 1.82) is 0 Å². The van der Waals surface area contributed by atoms with E-state index >= 15 is 0 Å². The highest BCUT2D eigenvalue weighted by Gasteiger charge is 2.17. The minimum atomic E-state index is -0.554. The van der Waals surface area contributed by atoms with E-state index in [0.717, 1.165) is 0 Å². The lowest BCUT2D eigenvalue weighted by molar-refractivity contribution is -0.386. The van der Waals surface area contributed by atoms with E-state index in [1.165, 1.54) is 42.3 Å². The molecule has 0 saturated carbocycles. The number of hydrogen-bond acceptors (Lipinski definition) is 7. The highest BCUT2D eigenvalue weighted by atomic mass is 16.6. The lowest BCUT2D eigenvalue weighted by Crippen LogP contribution is -2.19. The SMILES string of the molecule is COc1ccc([N+](=O)[O-])c(OCn2ccc(C(=O)NN=C(C)C)n2)c1. The molecule has 132 valence electrons. The van der Waals surface area contributed by atoms with Gasteiger partial charge in [-0.2, -0.15) is 10.2 Å². The predicted molar refractivity (Wildman–Crippen MR) is 88.8 cm³/mol. The molecule has 1 heterocycles. The summed E-state index contributed by atoms with van der Waals surface area (Å²) in [4.78, 5) is 22.3. The third-order valence-electron chi connectivity index (χ3n) is 2.97. The first-order chi connectivity index (χ1) is 11.9. The number of hydrogen-bond donors (Lipinski definition) is 1. The largest absolute Gasteiger partial charge is 0.497 e. The molecule has 0 aliphatic rings. The third-order valence-corrected chi connectivity index (χ3v) is 2.97. The Morgan fingerprint density at radius 1 is 1.40 bits per heavy atom. The van der Waals surface area contributed by atoms with Gasteiger partial charge in [0.05, 0.1) is 12.0 Å². The van der Waals surface area contributed by atoms with Gasteiger partial charge in [0.1, 0.15) is 5.75 Å². The molecule has 25 heavy (non-hydrogen) atoms. The number of nitrogens with zero attached hydrogens (tertiary/aromatic N) is 4. The molecule has 2 rings (SSSR count). The highest BCUT2D eigenvalue weighted by Crippen LogP contribution is 2.31. The maximum Gasteiger partial charge on any atom is 0.311 e. The fourth-order valence-corrected chi connectivity index (χ4v) is 1.80. The second kappa shape index (κ2) is 7.90. The predicted octanol–water partition coefficient (Wildman–Crippen LogP) is 1.96. The van der Waals surface area contributed by atoms with E-state index in [0.29, 0.717) is 11.5 Å². The number of amides is 1. The molecule has 1 aromatic heterocycles. The Morgan fingerprint density at radius 3 is 2.80 bits per heavy atom. The standard InChI is InChI=1S/C15H17N5O5/c1-10(2)16-17-15(21)12-6-7-19(18-12)9-25-14-8-11(24-3)4-5-13(14)20(22)23/h4-8H,9H2,1-3H3,(H,17,21). The molecular formula is C15H17N5O5. The number of nitro groups is 1. The van der Waals surface area contributed by atoms with Crippen molar-refractivity contribution in [2.75, 3.05) is 7.11 Å². The molecule has 0 aliphatic heterocycles. The van der Waals surface area contributed by atoms with Crippen molar-refractivity contribution < 1.29 is 19.2 Å². The lowest BCUT2D eigenvalue weighted by Gasteiger charge is -2.08. The van der Waals surface area contributed by atoms with Crippen LogP contribution in [0.3, 0.4) is 0 Å². The second-order valence-corrected chi connectivity index (χ2v) is 5.10. The van der Waals surface area contributed by atoms with Crippen molar-refractivity contribution in [3.05, 3.63) is 46.3 Å². The van der Waals surface area contributed by atoms with Crippen LogP contribution in [0.1, 0.15) is 24.3 Å². The Morgan fingerprint density at radius 2 is 2.16 bits per heavy atom. The summed E-state index contributed by atoms with van der Waals surface area (Å²) in [5.74, 6) is -0.00157. The summed E-state index contributed by atoms with van der Waals surface area (Å²) in [5.41, 5.74) is 3.00. The molecule has 0 radical (unpaired) electrons. The molecule has 0 unspecified atom stereocenters. The first-order valence-corrected chi connectivity index (χ1v) is 7.20. The highest BCUT2D eigenvalue weighted by molar-refractivity contribution is 5.93. The van der Waals surface area contributed by atoms with Gasteiger partial charge in [-0.3, -0.25) is 14.9 Å². The fourth-order valence-electron chi connectivity index (χ4n) is 1.80. The molecule has 0 atom stereocenters. The fraction of sp³-hybridized carbons (Fsp3) is 0.267. The van der Waals surface area contributed by atoms with Gasteiger partial charge < -0.3 is 9.47 Å². The zero-order valence-electron chi connectivity index (χ0n) is 13.9. The van der Waals surface area contributed by atoms with E-state index in [1.54, 1.807) is 13.8 Å². The first-order valence-electron chi connectivity index (χ1n) is 7.20. The van der Waals surface area contributed by atoms with Gasteiger partial charge in [0.25, 0.3) is 5.91 Å². The van der Waals surface area contributed by atoms with Crippen LogP contribution in [0, 0.1) is 10.1 Å². The summed E-state index contributed by atoms with van der Waals surface area (Å²) in [6.07, 6.45) is 1.52. The molecule has 0 saturated heterocycles. The van der Waals surface area contributed by atoms with E-state index in [9.17, 15) is 14.9 Å². The van der Waals surface area contributed by atoms with Crippen molar-refractivity contribution in [2.24, 2.45) is 5.10 Å². The molecule has 1 N–H and O–H groups in total. The number of carbonyl (C=O) groups excluding carboxylic acids is 1. The van der Waals surface area contributed by atoms with Crippen molar-refractivity contribution in [1.82, 2.24) is 15.2 Å². The molecule has 0 spiro atoms. The van der Waals surface area contributed by atoms with E-state index in [4.69, 9.17) is 9.47 Å². The van der Waals surface area contributed by atoms with Gasteiger partial charge in [0.15, 0.2) is 12.4 Å². The maximum absolute atomic E-state index is 11.8. The van der Waals surface area contributed by atoms with E-state index in [-0.39, 0.29) is 23.9 Å². The van der Waals surface area contributed by atoms with Gasteiger partial charge in [0.2, 0.25) is 5.75 Å². The summed E-state index contributed by atoms with van der Waals surface area (Å²) >= 11 is 0. The van der Waals surface area contributed by atoms with Crippen molar-refractivity contribution in [3.63, 3.8) is 0 Å². The second-order valence-electron chi connectivity index (χ2n) is 5.10. The smallest absolute Gasteiger partial charge is 0.311 e. The van der Waals surface area contributed by atoms with Gasteiger partial charge in [0, 0.05) is 24.0 Å². The lowest BCUT2D eigenvalue weighted by atomic mass is 10.3. The zero-order chi connectivity index (χ0) is 18.4. The molecule has 0 bridgehead atoms. The molecule has 10 nitrogen and oxygen atoms in total. The first kappa shape index (κ1) is 17.9. The van der Waals surface area contributed by atoms with Crippen molar-refractivity contribution in [2.45, 2.75) is 20.6 Å². The van der Waals surface area contributed by atoms with Gasteiger partial charge in [-0.25, -0.2) is 10.1 Å². The molecule has 0 aliphatic carbocycles. The van der Waals surface area contributed by atoms with Crippen LogP contribution in [-0.2, 0) is 6.73 Å². The number of aromatic nitrogens is 2. The van der Waals surface area contributed by atoms with Crippen LogP contribution in [0.15, 0.2) is 35.6 Å². The topological polar surface area (TPSA) is 121 Å². The van der Waals surface area contributed by atoms with Gasteiger partial charge in [-0.15, -0.1) is 0 Å². The monoisotopic (exact) mass is 347 g/mol. The summed E-state index contributed by atoms with van der Waals surface area (Å²) < 4.78 is 11.8. The van der Waals surface area contributed by atoms with Crippen LogP contribution >= 0.6 is 0 Å². The van der Waals surface area contributed by atoms with Crippen LogP contribution in [-0.4, -0.2) is 33.4 Å². The Balaban J connectivity index is 2.08. The molecule has 10 heteroatoms. The van der Waals surface area contributed by atoms with E-state index < -0.39 is 10.8 Å². The minimum absolute atomic E-state index is 0.0389. The van der Waals surface area contributed by atoms with Crippen LogP contribution in [0.4, 0.5) is 5.69 Å². The average Bonchev–Trinajstić information content (AvgIpc) is 3.06. The summed E-state index contributed by atoms with van der Waals surface area (Å²) in [5, 5.41) is 18.9. The summed E-state index contributed by atoms with van der Waals surface area (Å²) in [6.45, 7) is 3.37. The number of nitrogens with one attached hydrogen (secondary N) is 1. The Hall–Kier alpha value is -3.43. The summed E-state index contributed by atoms with van der Waals surface area (Å²) in [6, 6.07) is 5.66. The van der Waals surface area contributed by atoms with E-state index in [1.807, 2.05) is 0 Å². The number of nitro benzene ring substituents is 1. The van der Waals surface area contributed by atoms with Crippen LogP contribution < -0.4 is 14.9 Å². The Kier molecular flexibility index (Phi) is 5.66. The molecule has 1 aromatic carbocycles. The number of methoxy groups -OCH3 is 1. The van der Waals surface area contributed by atoms with Crippen LogP contribution in [0.5, 0.6) is 11.5 Å². The van der Waals surface area contributed by atoms with Crippen LogP contribution in [0.25, 0.3) is 0 Å². The third kappa shape index (κ3) is 4.77. The molecular weight excluding hydrogens is 330 g/mol. The normalized spacial score (nSPS) is 10.0. The number of benzene rings is 1.